The standard InChI is InChI=1S/C7H14O3Si/c1-11(8)4-2-3-9-5-7-6-10-7/h7H,2-6H2,1H3. The molecular weight excluding hydrogens is 160 g/mol. The van der Waals surface area contributed by atoms with Crippen molar-refractivity contribution < 1.29 is 13.9 Å². The largest absolute Gasteiger partial charge is 0.389 e. The SMILES string of the molecule is C[Si](=O)CCCOCC1CO1. The fourth-order valence-electron chi connectivity index (χ4n) is 0.802. The van der Waals surface area contributed by atoms with Crippen LogP contribution in [-0.4, -0.2) is 34.6 Å². The van der Waals surface area contributed by atoms with Crippen LogP contribution in [0.3, 0.4) is 0 Å². The van der Waals surface area contributed by atoms with Crippen LogP contribution in [0.25, 0.3) is 0 Å². The van der Waals surface area contributed by atoms with E-state index in [4.69, 9.17) is 9.47 Å². The lowest BCUT2D eigenvalue weighted by Crippen LogP contribution is -2.03. The van der Waals surface area contributed by atoms with Crippen LogP contribution in [0, 0.1) is 0 Å². The summed E-state index contributed by atoms with van der Waals surface area (Å²) in [5, 5.41) is 0. The van der Waals surface area contributed by atoms with Gasteiger partial charge in [0.1, 0.15) is 6.10 Å². The van der Waals surface area contributed by atoms with Gasteiger partial charge in [-0.3, -0.25) is 0 Å². The van der Waals surface area contributed by atoms with Crippen molar-refractivity contribution in [2.24, 2.45) is 0 Å². The molecule has 1 rings (SSSR count). The van der Waals surface area contributed by atoms with Crippen molar-refractivity contribution in [1.29, 1.82) is 0 Å². The van der Waals surface area contributed by atoms with Crippen molar-refractivity contribution >= 4 is 8.68 Å². The van der Waals surface area contributed by atoms with Gasteiger partial charge in [0.25, 0.3) is 8.68 Å². The maximum atomic E-state index is 10.7. The number of hydrogen-bond acceptors (Lipinski definition) is 3. The van der Waals surface area contributed by atoms with Gasteiger partial charge < -0.3 is 13.9 Å². The molecule has 1 unspecified atom stereocenters. The van der Waals surface area contributed by atoms with E-state index in [1.165, 1.54) is 0 Å². The Morgan fingerprint density at radius 2 is 2.45 bits per heavy atom. The van der Waals surface area contributed by atoms with Crippen LogP contribution in [0.2, 0.25) is 12.6 Å². The van der Waals surface area contributed by atoms with Crippen molar-refractivity contribution in [3.8, 4) is 0 Å². The topological polar surface area (TPSA) is 38.8 Å². The molecule has 0 spiro atoms. The first-order valence-electron chi connectivity index (χ1n) is 3.98. The molecule has 4 heteroatoms. The molecule has 0 saturated carbocycles. The van der Waals surface area contributed by atoms with E-state index >= 15 is 0 Å². The molecule has 0 aromatic rings. The summed E-state index contributed by atoms with van der Waals surface area (Å²) >= 11 is 0. The summed E-state index contributed by atoms with van der Waals surface area (Å²) < 4.78 is 20.9. The molecule has 1 aliphatic rings. The van der Waals surface area contributed by atoms with Gasteiger partial charge in [0.2, 0.25) is 0 Å². The molecule has 0 bridgehead atoms. The first-order valence-corrected chi connectivity index (χ1v) is 6.09. The van der Waals surface area contributed by atoms with Gasteiger partial charge in [-0.15, -0.1) is 0 Å². The Bertz CT molecular complexity index is 134. The summed E-state index contributed by atoms with van der Waals surface area (Å²) in [7, 11) is -1.28. The minimum absolute atomic E-state index is 0.355. The maximum Gasteiger partial charge on any atom is 0.273 e. The average molecular weight is 174 g/mol. The molecule has 64 valence electrons. The zero-order valence-corrected chi connectivity index (χ0v) is 7.84. The highest BCUT2D eigenvalue weighted by Gasteiger charge is 2.21. The van der Waals surface area contributed by atoms with Crippen molar-refractivity contribution in [1.82, 2.24) is 0 Å². The van der Waals surface area contributed by atoms with Gasteiger partial charge in [0.15, 0.2) is 0 Å². The zero-order valence-electron chi connectivity index (χ0n) is 6.84. The van der Waals surface area contributed by atoms with Gasteiger partial charge in [-0.2, -0.15) is 0 Å². The molecule has 11 heavy (non-hydrogen) atoms. The fraction of sp³-hybridized carbons (Fsp3) is 1.00. The Labute approximate surface area is 68.4 Å². The second kappa shape index (κ2) is 4.74. The molecule has 1 atom stereocenters. The summed E-state index contributed by atoms with van der Waals surface area (Å²) in [6, 6.07) is 0.816. The molecule has 1 heterocycles. The molecule has 1 aliphatic heterocycles. The van der Waals surface area contributed by atoms with E-state index in [1.807, 2.05) is 0 Å². The van der Waals surface area contributed by atoms with Crippen LogP contribution < -0.4 is 0 Å². The Kier molecular flexibility index (Phi) is 3.89. The van der Waals surface area contributed by atoms with E-state index < -0.39 is 8.68 Å². The van der Waals surface area contributed by atoms with Gasteiger partial charge in [0.05, 0.1) is 13.2 Å². The van der Waals surface area contributed by atoms with Crippen LogP contribution in [0.4, 0.5) is 0 Å². The minimum Gasteiger partial charge on any atom is -0.389 e. The minimum atomic E-state index is -1.28. The fourth-order valence-corrected chi connectivity index (χ4v) is 1.44. The monoisotopic (exact) mass is 174 g/mol. The predicted octanol–water partition coefficient (Wildman–Crippen LogP) is 0.844. The predicted molar refractivity (Wildman–Crippen MR) is 42.3 cm³/mol. The van der Waals surface area contributed by atoms with Gasteiger partial charge in [-0.25, -0.2) is 0 Å². The second-order valence-electron chi connectivity index (χ2n) is 2.84. The van der Waals surface area contributed by atoms with E-state index in [1.54, 1.807) is 6.55 Å². The summed E-state index contributed by atoms with van der Waals surface area (Å²) in [4.78, 5) is 0. The normalized spacial score (nSPS) is 21.7. The number of hydrogen-bond donors (Lipinski definition) is 0. The molecular formula is C7H14O3Si. The molecule has 0 aliphatic carbocycles. The Morgan fingerprint density at radius 1 is 1.73 bits per heavy atom. The van der Waals surface area contributed by atoms with Crippen LogP contribution in [-0.2, 0) is 13.9 Å². The molecule has 1 saturated heterocycles. The van der Waals surface area contributed by atoms with Crippen LogP contribution >= 0.6 is 0 Å². The van der Waals surface area contributed by atoms with Crippen molar-refractivity contribution in [3.63, 3.8) is 0 Å². The molecule has 1 fully saturated rings. The average Bonchev–Trinajstić information content (AvgIpc) is 2.70. The van der Waals surface area contributed by atoms with Crippen LogP contribution in [0.5, 0.6) is 0 Å². The maximum absolute atomic E-state index is 10.7. The van der Waals surface area contributed by atoms with Crippen molar-refractivity contribution in [2.75, 3.05) is 19.8 Å². The number of epoxide rings is 1. The Hall–Kier alpha value is -0.0631. The van der Waals surface area contributed by atoms with E-state index in [0.717, 1.165) is 25.7 Å². The van der Waals surface area contributed by atoms with Gasteiger partial charge in [-0.05, 0) is 19.0 Å². The first kappa shape index (κ1) is 9.03. The van der Waals surface area contributed by atoms with E-state index in [9.17, 15) is 4.46 Å². The van der Waals surface area contributed by atoms with Gasteiger partial charge >= 0.3 is 0 Å². The highest BCUT2D eigenvalue weighted by atomic mass is 28.3. The number of ether oxygens (including phenoxy) is 2. The third-order valence-electron chi connectivity index (χ3n) is 1.52. The van der Waals surface area contributed by atoms with Crippen LogP contribution in [0.1, 0.15) is 6.42 Å². The Morgan fingerprint density at radius 3 is 3.00 bits per heavy atom. The third kappa shape index (κ3) is 5.23. The quantitative estimate of drug-likeness (QED) is 0.340. The lowest BCUT2D eigenvalue weighted by Gasteiger charge is -1.98. The van der Waals surface area contributed by atoms with Gasteiger partial charge in [-0.1, -0.05) is 0 Å². The molecule has 0 aromatic carbocycles. The summed E-state index contributed by atoms with van der Waals surface area (Å²) in [6.07, 6.45) is 1.27. The highest BCUT2D eigenvalue weighted by molar-refractivity contribution is 6.40. The molecule has 0 amide bonds. The number of rotatable bonds is 6. The lowest BCUT2D eigenvalue weighted by atomic mass is 10.5. The summed E-state index contributed by atoms with van der Waals surface area (Å²) in [5.74, 6) is 0. The highest BCUT2D eigenvalue weighted by Crippen LogP contribution is 2.08. The smallest absolute Gasteiger partial charge is 0.273 e. The molecule has 0 radical (unpaired) electrons. The molecule has 3 nitrogen and oxygen atoms in total. The van der Waals surface area contributed by atoms with Gasteiger partial charge in [0, 0.05) is 6.61 Å². The van der Waals surface area contributed by atoms with E-state index in [2.05, 4.69) is 0 Å². The van der Waals surface area contributed by atoms with E-state index in [-0.39, 0.29) is 0 Å². The Balaban J connectivity index is 1.76. The lowest BCUT2D eigenvalue weighted by molar-refractivity contribution is 0.117. The molecule has 0 aromatic heterocycles. The van der Waals surface area contributed by atoms with Crippen molar-refractivity contribution in [3.05, 3.63) is 0 Å². The first-order chi connectivity index (χ1) is 5.29. The molecule has 0 N–H and O–H groups in total. The summed E-state index contributed by atoms with van der Waals surface area (Å²) in [6.45, 7) is 4.08. The van der Waals surface area contributed by atoms with E-state index in [0.29, 0.717) is 12.7 Å². The third-order valence-corrected chi connectivity index (χ3v) is 2.58. The zero-order chi connectivity index (χ0) is 8.10. The summed E-state index contributed by atoms with van der Waals surface area (Å²) in [5.41, 5.74) is 0. The van der Waals surface area contributed by atoms with Crippen LogP contribution in [0.15, 0.2) is 0 Å². The second-order valence-corrected chi connectivity index (χ2v) is 4.74. The van der Waals surface area contributed by atoms with Crippen molar-refractivity contribution in [2.45, 2.75) is 25.1 Å².